The number of halogens is 1. The first-order valence-electron chi connectivity index (χ1n) is 4.04. The molecule has 2 N–H and O–H groups in total. The standard InChI is InChI=1S/C10H7IO5/c1-5(9(12)13)16-8-4-6(10(14)15)2-3-7(8)11/h2-4H,1H2,(H,12,13)(H,14,15). The van der Waals surface area contributed by atoms with Gasteiger partial charge in [-0.2, -0.15) is 0 Å². The minimum atomic E-state index is -1.29. The summed E-state index contributed by atoms with van der Waals surface area (Å²) in [4.78, 5) is 21.2. The number of rotatable bonds is 4. The van der Waals surface area contributed by atoms with E-state index in [0.29, 0.717) is 3.57 Å². The minimum absolute atomic E-state index is 0.0219. The van der Waals surface area contributed by atoms with Gasteiger partial charge in [0, 0.05) is 0 Å². The Hall–Kier alpha value is -1.57. The van der Waals surface area contributed by atoms with Crippen LogP contribution in [-0.2, 0) is 4.79 Å². The fourth-order valence-electron chi connectivity index (χ4n) is 0.891. The summed E-state index contributed by atoms with van der Waals surface area (Å²) in [6.45, 7) is 3.19. The molecule has 0 saturated heterocycles. The minimum Gasteiger partial charge on any atom is -0.478 e. The summed E-state index contributed by atoms with van der Waals surface area (Å²) in [5.74, 6) is -2.70. The zero-order valence-corrected chi connectivity index (χ0v) is 10.1. The number of aromatic carboxylic acids is 1. The molecule has 0 bridgehead atoms. The van der Waals surface area contributed by atoms with Crippen LogP contribution in [0.2, 0.25) is 0 Å². The lowest BCUT2D eigenvalue weighted by Crippen LogP contribution is -2.07. The molecular formula is C10H7IO5. The molecule has 1 aromatic rings. The molecule has 0 atom stereocenters. The van der Waals surface area contributed by atoms with Gasteiger partial charge in [0.2, 0.25) is 5.76 Å². The van der Waals surface area contributed by atoms with Crippen molar-refractivity contribution in [3.05, 3.63) is 39.7 Å². The number of hydrogen-bond donors (Lipinski definition) is 2. The van der Waals surface area contributed by atoms with Gasteiger partial charge in [0.15, 0.2) is 0 Å². The maximum Gasteiger partial charge on any atom is 0.371 e. The zero-order chi connectivity index (χ0) is 12.3. The fourth-order valence-corrected chi connectivity index (χ4v) is 1.34. The Bertz CT molecular complexity index is 466. The van der Waals surface area contributed by atoms with Gasteiger partial charge >= 0.3 is 11.9 Å². The number of carboxylic acids is 2. The van der Waals surface area contributed by atoms with E-state index in [9.17, 15) is 9.59 Å². The van der Waals surface area contributed by atoms with Gasteiger partial charge in [-0.05, 0) is 47.4 Å². The molecule has 0 amide bonds. The molecule has 0 aromatic heterocycles. The first-order chi connectivity index (χ1) is 7.41. The van der Waals surface area contributed by atoms with E-state index in [4.69, 9.17) is 14.9 Å². The number of carboxylic acid groups (broad SMARTS) is 2. The van der Waals surface area contributed by atoms with E-state index in [1.165, 1.54) is 18.2 Å². The molecule has 0 aliphatic carbocycles. The molecule has 0 spiro atoms. The SMILES string of the molecule is C=C(Oc1cc(C(=O)O)ccc1I)C(=O)O. The van der Waals surface area contributed by atoms with Crippen molar-refractivity contribution < 1.29 is 24.5 Å². The van der Waals surface area contributed by atoms with Crippen LogP contribution in [0.1, 0.15) is 10.4 Å². The van der Waals surface area contributed by atoms with Crippen molar-refractivity contribution in [1.29, 1.82) is 0 Å². The fraction of sp³-hybridized carbons (Fsp3) is 0. The second-order valence-electron chi connectivity index (χ2n) is 2.78. The van der Waals surface area contributed by atoms with E-state index in [2.05, 4.69) is 6.58 Å². The first kappa shape index (κ1) is 12.5. The van der Waals surface area contributed by atoms with E-state index in [1.54, 1.807) is 0 Å². The summed E-state index contributed by atoms with van der Waals surface area (Å²) in [5, 5.41) is 17.3. The summed E-state index contributed by atoms with van der Waals surface area (Å²) in [6, 6.07) is 4.17. The molecule has 0 radical (unpaired) electrons. The molecule has 1 aromatic carbocycles. The highest BCUT2D eigenvalue weighted by Gasteiger charge is 2.12. The smallest absolute Gasteiger partial charge is 0.371 e. The summed E-state index contributed by atoms with van der Waals surface area (Å²) < 4.78 is 5.53. The summed E-state index contributed by atoms with van der Waals surface area (Å²) >= 11 is 1.91. The Kier molecular flexibility index (Phi) is 3.88. The van der Waals surface area contributed by atoms with Gasteiger partial charge in [-0.25, -0.2) is 9.59 Å². The maximum absolute atomic E-state index is 10.7. The van der Waals surface area contributed by atoms with Crippen LogP contribution in [0.5, 0.6) is 5.75 Å². The molecule has 0 saturated carbocycles. The van der Waals surface area contributed by atoms with Crippen LogP contribution in [-0.4, -0.2) is 22.2 Å². The third-order valence-corrected chi connectivity index (χ3v) is 2.54. The third-order valence-electron chi connectivity index (χ3n) is 1.65. The van der Waals surface area contributed by atoms with Crippen LogP contribution in [0.4, 0.5) is 0 Å². The Morgan fingerprint density at radius 3 is 2.44 bits per heavy atom. The van der Waals surface area contributed by atoms with Gasteiger partial charge in [-0.15, -0.1) is 0 Å². The van der Waals surface area contributed by atoms with Crippen molar-refractivity contribution in [3.8, 4) is 5.75 Å². The van der Waals surface area contributed by atoms with E-state index in [-0.39, 0.29) is 11.3 Å². The average Bonchev–Trinajstić information content (AvgIpc) is 2.20. The lowest BCUT2D eigenvalue weighted by molar-refractivity contribution is -0.135. The Morgan fingerprint density at radius 1 is 1.31 bits per heavy atom. The molecule has 0 unspecified atom stereocenters. The van der Waals surface area contributed by atoms with Crippen molar-refractivity contribution in [3.63, 3.8) is 0 Å². The first-order valence-corrected chi connectivity index (χ1v) is 5.12. The topological polar surface area (TPSA) is 83.8 Å². The molecular weight excluding hydrogens is 327 g/mol. The van der Waals surface area contributed by atoms with Gasteiger partial charge < -0.3 is 14.9 Å². The lowest BCUT2D eigenvalue weighted by Gasteiger charge is -2.07. The van der Waals surface area contributed by atoms with Crippen LogP contribution in [0, 0.1) is 3.57 Å². The monoisotopic (exact) mass is 334 g/mol. The normalized spacial score (nSPS) is 9.56. The lowest BCUT2D eigenvalue weighted by atomic mass is 10.2. The molecule has 5 nitrogen and oxygen atoms in total. The van der Waals surface area contributed by atoms with E-state index < -0.39 is 17.7 Å². The number of benzene rings is 1. The predicted octanol–water partition coefficient (Wildman–Crippen LogP) is 1.97. The summed E-state index contributed by atoms with van der Waals surface area (Å²) in [5.41, 5.74) is 0.0219. The Balaban J connectivity index is 3.03. The second kappa shape index (κ2) is 4.97. The third kappa shape index (κ3) is 2.96. The molecule has 0 aliphatic heterocycles. The van der Waals surface area contributed by atoms with E-state index >= 15 is 0 Å². The average molecular weight is 334 g/mol. The van der Waals surface area contributed by atoms with E-state index in [0.717, 1.165) is 0 Å². The highest BCUT2D eigenvalue weighted by molar-refractivity contribution is 14.1. The number of carbonyl (C=O) groups is 2. The molecule has 0 fully saturated rings. The van der Waals surface area contributed by atoms with Crippen LogP contribution < -0.4 is 4.74 Å². The molecule has 6 heteroatoms. The van der Waals surface area contributed by atoms with Crippen LogP contribution in [0.25, 0.3) is 0 Å². The van der Waals surface area contributed by atoms with Gasteiger partial charge in [0.05, 0.1) is 9.13 Å². The Morgan fingerprint density at radius 2 is 1.94 bits per heavy atom. The van der Waals surface area contributed by atoms with Crippen molar-refractivity contribution in [2.75, 3.05) is 0 Å². The van der Waals surface area contributed by atoms with Gasteiger partial charge in [-0.1, -0.05) is 0 Å². The summed E-state index contributed by atoms with van der Waals surface area (Å²) in [6.07, 6.45) is 0. The van der Waals surface area contributed by atoms with Crippen molar-refractivity contribution in [1.82, 2.24) is 0 Å². The largest absolute Gasteiger partial charge is 0.478 e. The van der Waals surface area contributed by atoms with Crippen LogP contribution >= 0.6 is 22.6 Å². The molecule has 1 rings (SSSR count). The van der Waals surface area contributed by atoms with E-state index in [1.807, 2.05) is 22.6 Å². The quantitative estimate of drug-likeness (QED) is 0.500. The van der Waals surface area contributed by atoms with Crippen LogP contribution in [0.3, 0.4) is 0 Å². The number of aliphatic carboxylic acids is 1. The highest BCUT2D eigenvalue weighted by atomic mass is 127. The van der Waals surface area contributed by atoms with Crippen LogP contribution in [0.15, 0.2) is 30.5 Å². The van der Waals surface area contributed by atoms with Gasteiger partial charge in [-0.3, -0.25) is 0 Å². The highest BCUT2D eigenvalue weighted by Crippen LogP contribution is 2.24. The number of hydrogen-bond acceptors (Lipinski definition) is 3. The van der Waals surface area contributed by atoms with Crippen molar-refractivity contribution in [2.45, 2.75) is 0 Å². The van der Waals surface area contributed by atoms with Gasteiger partial charge in [0.1, 0.15) is 5.75 Å². The van der Waals surface area contributed by atoms with Gasteiger partial charge in [0.25, 0.3) is 0 Å². The van der Waals surface area contributed by atoms with Crippen molar-refractivity contribution >= 4 is 34.5 Å². The molecule has 0 heterocycles. The zero-order valence-electron chi connectivity index (χ0n) is 7.94. The van der Waals surface area contributed by atoms with Crippen molar-refractivity contribution in [2.24, 2.45) is 0 Å². The summed E-state index contributed by atoms with van der Waals surface area (Å²) in [7, 11) is 0. The second-order valence-corrected chi connectivity index (χ2v) is 3.94. The Labute approximate surface area is 104 Å². The predicted molar refractivity (Wildman–Crippen MR) is 63.5 cm³/mol. The molecule has 16 heavy (non-hydrogen) atoms. The maximum atomic E-state index is 10.7. The molecule has 84 valence electrons. The number of ether oxygens (including phenoxy) is 1. The molecule has 0 aliphatic rings.